The van der Waals surface area contributed by atoms with Crippen molar-refractivity contribution in [3.63, 3.8) is 0 Å². The summed E-state index contributed by atoms with van der Waals surface area (Å²) in [6.07, 6.45) is 1.59. The van der Waals surface area contributed by atoms with Gasteiger partial charge >= 0.3 is 0 Å². The van der Waals surface area contributed by atoms with Crippen LogP contribution in [0.1, 0.15) is 32.3 Å². The van der Waals surface area contributed by atoms with Crippen molar-refractivity contribution in [3.05, 3.63) is 35.9 Å². The second kappa shape index (κ2) is 6.97. The smallest absolute Gasteiger partial charge is 0.163 e. The van der Waals surface area contributed by atoms with E-state index in [0.29, 0.717) is 13.2 Å². The minimum absolute atomic E-state index is 0.0157. The quantitative estimate of drug-likeness (QED) is 0.828. The molecule has 3 aliphatic rings. The van der Waals surface area contributed by atoms with Gasteiger partial charge in [-0.15, -0.1) is 0 Å². The van der Waals surface area contributed by atoms with Gasteiger partial charge in [0.2, 0.25) is 0 Å². The maximum Gasteiger partial charge on any atom is 0.163 e. The van der Waals surface area contributed by atoms with Gasteiger partial charge in [-0.05, 0) is 44.7 Å². The van der Waals surface area contributed by atoms with Gasteiger partial charge in [0.15, 0.2) is 5.79 Å². The van der Waals surface area contributed by atoms with Gasteiger partial charge in [-0.2, -0.15) is 0 Å². The monoisotopic (exact) mass is 347 g/mol. The lowest BCUT2D eigenvalue weighted by molar-refractivity contribution is -0.174. The molecule has 5 nitrogen and oxygen atoms in total. The number of fused-ring (bicyclic) bond motifs is 3. The van der Waals surface area contributed by atoms with Crippen LogP contribution in [0.25, 0.3) is 0 Å². The van der Waals surface area contributed by atoms with Gasteiger partial charge in [0.05, 0.1) is 18.8 Å². The summed E-state index contributed by atoms with van der Waals surface area (Å²) in [5.41, 5.74) is 1.19. The van der Waals surface area contributed by atoms with Crippen LogP contribution < -0.4 is 0 Å². The lowest BCUT2D eigenvalue weighted by Crippen LogP contribution is -2.54. The summed E-state index contributed by atoms with van der Waals surface area (Å²) >= 11 is 0. The average molecular weight is 347 g/mol. The third-order valence-corrected chi connectivity index (χ3v) is 5.76. The molecule has 1 N–H and O–H groups in total. The van der Waals surface area contributed by atoms with E-state index in [0.717, 1.165) is 25.9 Å². The molecule has 1 aromatic rings. The zero-order valence-corrected chi connectivity index (χ0v) is 15.1. The molecule has 4 rings (SSSR count). The molecule has 3 unspecified atom stereocenters. The minimum atomic E-state index is -0.535. The third-order valence-electron chi connectivity index (χ3n) is 5.76. The molecule has 3 heterocycles. The zero-order valence-electron chi connectivity index (χ0n) is 15.1. The van der Waals surface area contributed by atoms with E-state index in [1.54, 1.807) is 0 Å². The summed E-state index contributed by atoms with van der Waals surface area (Å²) in [7, 11) is 0. The van der Waals surface area contributed by atoms with Gasteiger partial charge in [0.25, 0.3) is 0 Å². The van der Waals surface area contributed by atoms with Gasteiger partial charge in [0.1, 0.15) is 12.2 Å². The fourth-order valence-electron chi connectivity index (χ4n) is 4.60. The van der Waals surface area contributed by atoms with Crippen molar-refractivity contribution in [2.24, 2.45) is 5.92 Å². The lowest BCUT2D eigenvalue weighted by atomic mass is 9.85. The number of rotatable bonds is 5. The van der Waals surface area contributed by atoms with Crippen molar-refractivity contribution >= 4 is 0 Å². The van der Waals surface area contributed by atoms with E-state index in [-0.39, 0.29) is 30.3 Å². The van der Waals surface area contributed by atoms with Crippen LogP contribution in [0.15, 0.2) is 30.3 Å². The van der Waals surface area contributed by atoms with Crippen molar-refractivity contribution in [3.8, 4) is 0 Å². The Morgan fingerprint density at radius 2 is 2.04 bits per heavy atom. The van der Waals surface area contributed by atoms with E-state index < -0.39 is 5.79 Å². The van der Waals surface area contributed by atoms with Crippen molar-refractivity contribution in [2.75, 3.05) is 19.7 Å². The van der Waals surface area contributed by atoms with Crippen LogP contribution in [0.5, 0.6) is 0 Å². The van der Waals surface area contributed by atoms with E-state index in [9.17, 15) is 5.11 Å². The molecule has 138 valence electrons. The SMILES string of the molecule is CC1(C)OC2CN3CCC(CCOCc4ccccc4)[C@@H](O)[C@@H]3C2O1. The zero-order chi connectivity index (χ0) is 17.4. The lowest BCUT2D eigenvalue weighted by Gasteiger charge is -2.41. The Kier molecular flexibility index (Phi) is 4.86. The first-order chi connectivity index (χ1) is 12.0. The van der Waals surface area contributed by atoms with Crippen molar-refractivity contribution in [1.82, 2.24) is 4.90 Å². The van der Waals surface area contributed by atoms with Gasteiger partial charge in [-0.3, -0.25) is 4.90 Å². The molecule has 0 amide bonds. The third kappa shape index (κ3) is 3.62. The molecule has 0 aromatic heterocycles. The van der Waals surface area contributed by atoms with E-state index in [4.69, 9.17) is 14.2 Å². The van der Waals surface area contributed by atoms with Crippen LogP contribution >= 0.6 is 0 Å². The maximum absolute atomic E-state index is 10.9. The minimum Gasteiger partial charge on any atom is -0.391 e. The fraction of sp³-hybridized carbons (Fsp3) is 0.700. The number of aliphatic hydroxyl groups excluding tert-OH is 1. The summed E-state index contributed by atoms with van der Waals surface area (Å²) in [6, 6.07) is 10.3. The molecule has 0 aliphatic carbocycles. The van der Waals surface area contributed by atoms with Crippen LogP contribution in [0.4, 0.5) is 0 Å². The molecule has 3 aliphatic heterocycles. The summed E-state index contributed by atoms with van der Waals surface area (Å²) in [6.45, 7) is 7.10. The Balaban J connectivity index is 1.29. The first-order valence-electron chi connectivity index (χ1n) is 9.43. The number of hydrogen-bond acceptors (Lipinski definition) is 5. The molecular weight excluding hydrogens is 318 g/mol. The second-order valence-corrected chi connectivity index (χ2v) is 7.99. The number of benzene rings is 1. The largest absolute Gasteiger partial charge is 0.391 e. The number of hydrogen-bond donors (Lipinski definition) is 1. The van der Waals surface area contributed by atoms with E-state index in [1.165, 1.54) is 5.56 Å². The van der Waals surface area contributed by atoms with E-state index in [1.807, 2.05) is 32.0 Å². The van der Waals surface area contributed by atoms with Crippen molar-refractivity contribution in [1.29, 1.82) is 0 Å². The number of ether oxygens (including phenoxy) is 3. The molecule has 5 atom stereocenters. The topological polar surface area (TPSA) is 51.2 Å². The highest BCUT2D eigenvalue weighted by Gasteiger charge is 2.56. The summed E-state index contributed by atoms with van der Waals surface area (Å²) in [4.78, 5) is 2.34. The molecule has 0 bridgehead atoms. The standard InChI is InChI=1S/C20H29NO4/c1-20(2)24-16-12-21-10-8-15(18(22)17(21)19(16)25-20)9-11-23-13-14-6-4-3-5-7-14/h3-7,15-19,22H,8-13H2,1-2H3/t15?,16?,17-,18-,19?/m1/s1. The fourth-order valence-corrected chi connectivity index (χ4v) is 4.60. The highest BCUT2D eigenvalue weighted by Crippen LogP contribution is 2.41. The summed E-state index contributed by atoms with van der Waals surface area (Å²) < 4.78 is 17.9. The Morgan fingerprint density at radius 1 is 1.24 bits per heavy atom. The molecule has 3 saturated heterocycles. The van der Waals surface area contributed by atoms with Crippen LogP contribution in [-0.2, 0) is 20.8 Å². The van der Waals surface area contributed by atoms with Crippen LogP contribution in [0.3, 0.4) is 0 Å². The van der Waals surface area contributed by atoms with E-state index in [2.05, 4.69) is 17.0 Å². The predicted molar refractivity (Wildman–Crippen MR) is 94.0 cm³/mol. The van der Waals surface area contributed by atoms with Crippen LogP contribution in [-0.4, -0.2) is 59.8 Å². The maximum atomic E-state index is 10.9. The number of piperidine rings is 1. The first kappa shape index (κ1) is 17.4. The summed E-state index contributed by atoms with van der Waals surface area (Å²) in [5.74, 6) is -0.268. The predicted octanol–water partition coefficient (Wildman–Crippen LogP) is 2.18. The van der Waals surface area contributed by atoms with Gasteiger partial charge in [0, 0.05) is 13.2 Å². The average Bonchev–Trinajstić information content (AvgIpc) is 3.06. The molecule has 0 saturated carbocycles. The highest BCUT2D eigenvalue weighted by molar-refractivity contribution is 5.13. The van der Waals surface area contributed by atoms with Crippen LogP contribution in [0, 0.1) is 5.92 Å². The highest BCUT2D eigenvalue weighted by atomic mass is 16.8. The molecular formula is C20H29NO4. The summed E-state index contributed by atoms with van der Waals surface area (Å²) in [5, 5.41) is 10.9. The van der Waals surface area contributed by atoms with Gasteiger partial charge in [-0.25, -0.2) is 0 Å². The van der Waals surface area contributed by atoms with Gasteiger partial charge < -0.3 is 19.3 Å². The number of nitrogens with zero attached hydrogens (tertiary/aromatic N) is 1. The van der Waals surface area contributed by atoms with Crippen molar-refractivity contribution < 1.29 is 19.3 Å². The molecule has 1 aromatic carbocycles. The Morgan fingerprint density at radius 3 is 2.84 bits per heavy atom. The molecule has 25 heavy (non-hydrogen) atoms. The van der Waals surface area contributed by atoms with Gasteiger partial charge in [-0.1, -0.05) is 30.3 Å². The normalized spacial score (nSPS) is 37.0. The first-order valence-corrected chi connectivity index (χ1v) is 9.43. The van der Waals surface area contributed by atoms with Crippen LogP contribution in [0.2, 0.25) is 0 Å². The number of aliphatic hydroxyl groups is 1. The Hall–Kier alpha value is -0.980. The second-order valence-electron chi connectivity index (χ2n) is 7.99. The van der Waals surface area contributed by atoms with E-state index >= 15 is 0 Å². The molecule has 3 fully saturated rings. The Bertz CT molecular complexity index is 578. The molecule has 0 radical (unpaired) electrons. The Labute approximate surface area is 149 Å². The molecule has 5 heteroatoms. The van der Waals surface area contributed by atoms with Crippen molar-refractivity contribution in [2.45, 2.75) is 63.4 Å². The molecule has 0 spiro atoms.